The van der Waals surface area contributed by atoms with Crippen molar-refractivity contribution in [3.8, 4) is 0 Å². The second-order valence-corrected chi connectivity index (χ2v) is 4.00. The number of rotatable bonds is 9. The third kappa shape index (κ3) is 6.58. The topological polar surface area (TPSA) is 66.6 Å². The van der Waals surface area contributed by atoms with Gasteiger partial charge in [0.1, 0.15) is 0 Å². The predicted octanol–water partition coefficient (Wildman–Crippen LogP) is 0.902. The Hall–Kier alpha value is -0.870. The van der Waals surface area contributed by atoms with Gasteiger partial charge in [-0.1, -0.05) is 6.58 Å². The molecule has 0 aliphatic carbocycles. The van der Waals surface area contributed by atoms with Crippen molar-refractivity contribution in [1.29, 1.82) is 0 Å². The summed E-state index contributed by atoms with van der Waals surface area (Å²) in [7, 11) is 0. The molecular weight excluding hydrogens is 204 g/mol. The minimum atomic E-state index is 0.00922. The van der Waals surface area contributed by atoms with Gasteiger partial charge in [0.25, 0.3) is 0 Å². The Balaban J connectivity index is 4.05. The molecule has 0 aliphatic heterocycles. The fourth-order valence-corrected chi connectivity index (χ4v) is 1.45. The van der Waals surface area contributed by atoms with Crippen LogP contribution in [0.4, 0.5) is 0 Å². The van der Waals surface area contributed by atoms with E-state index in [9.17, 15) is 4.79 Å². The molecule has 0 atom stereocenters. The van der Waals surface area contributed by atoms with Gasteiger partial charge in [-0.05, 0) is 39.2 Å². The smallest absolute Gasteiger partial charge is 0.248 e. The van der Waals surface area contributed by atoms with Gasteiger partial charge in [0.05, 0.1) is 0 Å². The van der Waals surface area contributed by atoms with E-state index in [2.05, 4.69) is 6.58 Å². The zero-order chi connectivity index (χ0) is 12.4. The average Bonchev–Trinajstić information content (AvgIpc) is 2.26. The molecule has 0 radical (unpaired) electrons. The number of hydrogen-bond donors (Lipinski definition) is 2. The number of carbonyl (C=O) groups excluding carboxylic acids is 1. The number of aliphatic hydroxyl groups excluding tert-OH is 1. The van der Waals surface area contributed by atoms with Crippen LogP contribution in [0.3, 0.4) is 0 Å². The van der Waals surface area contributed by atoms with Crippen molar-refractivity contribution in [3.05, 3.63) is 12.2 Å². The minimum absolute atomic E-state index is 0.00922. The van der Waals surface area contributed by atoms with Crippen LogP contribution in [0.2, 0.25) is 0 Å². The second kappa shape index (κ2) is 9.36. The molecule has 0 rings (SSSR count). The van der Waals surface area contributed by atoms with Crippen molar-refractivity contribution in [1.82, 2.24) is 4.90 Å². The van der Waals surface area contributed by atoms with E-state index in [-0.39, 0.29) is 12.5 Å². The van der Waals surface area contributed by atoms with Gasteiger partial charge in [0, 0.05) is 25.3 Å². The van der Waals surface area contributed by atoms with Crippen molar-refractivity contribution in [2.75, 3.05) is 26.2 Å². The SMILES string of the molecule is C=C(C)C(=O)N(CCCCN)CCCCO. The second-order valence-electron chi connectivity index (χ2n) is 4.00. The number of nitrogens with zero attached hydrogens (tertiary/aromatic N) is 1. The Morgan fingerprint density at radius 1 is 1.25 bits per heavy atom. The van der Waals surface area contributed by atoms with Crippen LogP contribution in [0.15, 0.2) is 12.2 Å². The summed E-state index contributed by atoms with van der Waals surface area (Å²) in [6.45, 7) is 7.65. The highest BCUT2D eigenvalue weighted by Gasteiger charge is 2.12. The highest BCUT2D eigenvalue weighted by Crippen LogP contribution is 2.04. The van der Waals surface area contributed by atoms with E-state index in [1.54, 1.807) is 11.8 Å². The lowest BCUT2D eigenvalue weighted by atomic mass is 10.2. The molecule has 0 saturated carbocycles. The third-order valence-electron chi connectivity index (χ3n) is 2.37. The van der Waals surface area contributed by atoms with Crippen LogP contribution < -0.4 is 5.73 Å². The van der Waals surface area contributed by atoms with E-state index in [0.717, 1.165) is 32.2 Å². The van der Waals surface area contributed by atoms with Crippen molar-refractivity contribution < 1.29 is 9.90 Å². The number of amides is 1. The van der Waals surface area contributed by atoms with Crippen LogP contribution in [-0.2, 0) is 4.79 Å². The van der Waals surface area contributed by atoms with Gasteiger partial charge < -0.3 is 15.7 Å². The predicted molar refractivity (Wildman–Crippen MR) is 66.0 cm³/mol. The molecule has 1 amide bonds. The molecule has 16 heavy (non-hydrogen) atoms. The largest absolute Gasteiger partial charge is 0.396 e. The maximum absolute atomic E-state index is 11.8. The number of hydrogen-bond acceptors (Lipinski definition) is 3. The molecule has 0 bridgehead atoms. The number of carbonyl (C=O) groups is 1. The van der Waals surface area contributed by atoms with Crippen molar-refractivity contribution in [3.63, 3.8) is 0 Å². The molecule has 0 unspecified atom stereocenters. The molecule has 0 aliphatic rings. The summed E-state index contributed by atoms with van der Waals surface area (Å²) in [5.41, 5.74) is 5.98. The number of unbranched alkanes of at least 4 members (excludes halogenated alkanes) is 2. The van der Waals surface area contributed by atoms with Crippen LogP contribution in [0, 0.1) is 0 Å². The molecule has 94 valence electrons. The van der Waals surface area contributed by atoms with E-state index < -0.39 is 0 Å². The summed E-state index contributed by atoms with van der Waals surface area (Å²) >= 11 is 0. The van der Waals surface area contributed by atoms with E-state index in [0.29, 0.717) is 18.7 Å². The molecular formula is C12H24N2O2. The van der Waals surface area contributed by atoms with Crippen LogP contribution in [0.1, 0.15) is 32.6 Å². The lowest BCUT2D eigenvalue weighted by molar-refractivity contribution is -0.127. The van der Waals surface area contributed by atoms with E-state index in [4.69, 9.17) is 10.8 Å². The highest BCUT2D eigenvalue weighted by atomic mass is 16.2. The van der Waals surface area contributed by atoms with Gasteiger partial charge >= 0.3 is 0 Å². The van der Waals surface area contributed by atoms with Gasteiger partial charge in [-0.25, -0.2) is 0 Å². The van der Waals surface area contributed by atoms with Crippen LogP contribution in [-0.4, -0.2) is 42.2 Å². The maximum Gasteiger partial charge on any atom is 0.248 e. The molecule has 0 saturated heterocycles. The van der Waals surface area contributed by atoms with E-state index in [1.807, 2.05) is 0 Å². The maximum atomic E-state index is 11.8. The van der Waals surface area contributed by atoms with Crippen LogP contribution in [0.25, 0.3) is 0 Å². The summed E-state index contributed by atoms with van der Waals surface area (Å²) in [6.07, 6.45) is 3.42. The fraction of sp³-hybridized carbons (Fsp3) is 0.750. The normalized spacial score (nSPS) is 10.2. The Morgan fingerprint density at radius 3 is 2.25 bits per heavy atom. The molecule has 0 aromatic rings. The zero-order valence-corrected chi connectivity index (χ0v) is 10.2. The summed E-state index contributed by atoms with van der Waals surface area (Å²) in [5, 5.41) is 8.70. The van der Waals surface area contributed by atoms with Gasteiger partial charge in [0.2, 0.25) is 5.91 Å². The Kier molecular flexibility index (Phi) is 8.85. The summed E-state index contributed by atoms with van der Waals surface area (Å²) in [5.74, 6) is 0.00922. The minimum Gasteiger partial charge on any atom is -0.396 e. The zero-order valence-electron chi connectivity index (χ0n) is 10.2. The van der Waals surface area contributed by atoms with Gasteiger partial charge in [0.15, 0.2) is 0 Å². The first-order valence-corrected chi connectivity index (χ1v) is 5.89. The molecule has 3 N–H and O–H groups in total. The van der Waals surface area contributed by atoms with Crippen molar-refractivity contribution >= 4 is 5.91 Å². The first-order valence-electron chi connectivity index (χ1n) is 5.89. The van der Waals surface area contributed by atoms with Gasteiger partial charge in [-0.15, -0.1) is 0 Å². The van der Waals surface area contributed by atoms with Crippen LogP contribution >= 0.6 is 0 Å². The lowest BCUT2D eigenvalue weighted by Gasteiger charge is -2.22. The van der Waals surface area contributed by atoms with E-state index >= 15 is 0 Å². The first-order chi connectivity index (χ1) is 7.63. The van der Waals surface area contributed by atoms with Crippen molar-refractivity contribution in [2.24, 2.45) is 5.73 Å². The summed E-state index contributed by atoms with van der Waals surface area (Å²) in [6, 6.07) is 0. The Labute approximate surface area is 98.1 Å². The van der Waals surface area contributed by atoms with Gasteiger partial charge in [-0.3, -0.25) is 4.79 Å². The number of aliphatic hydroxyl groups is 1. The molecule has 4 heteroatoms. The summed E-state index contributed by atoms with van der Waals surface area (Å²) < 4.78 is 0. The lowest BCUT2D eigenvalue weighted by Crippen LogP contribution is -2.33. The molecule has 0 heterocycles. The van der Waals surface area contributed by atoms with Gasteiger partial charge in [-0.2, -0.15) is 0 Å². The number of nitrogens with two attached hydrogens (primary N) is 1. The highest BCUT2D eigenvalue weighted by molar-refractivity contribution is 5.92. The van der Waals surface area contributed by atoms with E-state index in [1.165, 1.54) is 0 Å². The molecule has 0 aromatic carbocycles. The quantitative estimate of drug-likeness (QED) is 0.455. The molecule has 0 aromatic heterocycles. The molecule has 0 spiro atoms. The summed E-state index contributed by atoms with van der Waals surface area (Å²) in [4.78, 5) is 13.6. The van der Waals surface area contributed by atoms with Crippen LogP contribution in [0.5, 0.6) is 0 Å². The molecule has 0 fully saturated rings. The molecule has 4 nitrogen and oxygen atoms in total. The fourth-order valence-electron chi connectivity index (χ4n) is 1.45. The third-order valence-corrected chi connectivity index (χ3v) is 2.37. The monoisotopic (exact) mass is 228 g/mol. The average molecular weight is 228 g/mol. The Bertz CT molecular complexity index is 207. The standard InChI is InChI=1S/C12H24N2O2/c1-11(2)12(16)14(8-4-3-7-13)9-5-6-10-15/h15H,1,3-10,13H2,2H3. The van der Waals surface area contributed by atoms with Crippen molar-refractivity contribution in [2.45, 2.75) is 32.6 Å². The first kappa shape index (κ1) is 15.1. The Morgan fingerprint density at radius 2 is 1.81 bits per heavy atom.